The van der Waals surface area contributed by atoms with Gasteiger partial charge in [0.05, 0.1) is 12.2 Å². The van der Waals surface area contributed by atoms with E-state index in [9.17, 15) is 0 Å². The number of hydrogen-bond acceptors (Lipinski definition) is 2. The maximum atomic E-state index is 5.96. The minimum atomic E-state index is 0.150. The zero-order valence-corrected chi connectivity index (χ0v) is 17.1. The second kappa shape index (κ2) is 6.60. The smallest absolute Gasteiger partial charge is 0.123 e. The molecule has 0 saturated heterocycles. The maximum absolute atomic E-state index is 5.96. The van der Waals surface area contributed by atoms with Crippen LogP contribution in [-0.2, 0) is 6.42 Å². The van der Waals surface area contributed by atoms with Gasteiger partial charge in [0.1, 0.15) is 11.9 Å². The van der Waals surface area contributed by atoms with Crippen molar-refractivity contribution in [2.24, 2.45) is 0 Å². The summed E-state index contributed by atoms with van der Waals surface area (Å²) in [4.78, 5) is 0. The molecule has 2 nitrogen and oxygen atoms in total. The Morgan fingerprint density at radius 3 is 2.43 bits per heavy atom. The van der Waals surface area contributed by atoms with Gasteiger partial charge in [-0.2, -0.15) is 0 Å². The van der Waals surface area contributed by atoms with E-state index < -0.39 is 0 Å². The molecule has 1 N–H and O–H groups in total. The van der Waals surface area contributed by atoms with E-state index in [-0.39, 0.29) is 6.10 Å². The summed E-state index contributed by atoms with van der Waals surface area (Å²) in [6.45, 7) is 0.755. The fraction of sp³-hybridized carbons (Fsp3) is 0.200. The summed E-state index contributed by atoms with van der Waals surface area (Å²) in [7, 11) is 0. The topological polar surface area (TPSA) is 21.3 Å². The third kappa shape index (κ3) is 3.66. The highest BCUT2D eigenvalue weighted by atomic mass is 79.9. The molecule has 0 fully saturated rings. The first-order chi connectivity index (χ1) is 10.0. The molecule has 0 saturated carbocycles. The fourth-order valence-corrected chi connectivity index (χ4v) is 5.28. The van der Waals surface area contributed by atoms with Gasteiger partial charge >= 0.3 is 0 Å². The van der Waals surface area contributed by atoms with E-state index in [1.54, 1.807) is 0 Å². The first kappa shape index (κ1) is 15.8. The number of hydrogen-bond donors (Lipinski definition) is 1. The first-order valence-corrected chi connectivity index (χ1v) is 9.53. The molecular formula is C15H11Br4NO. The van der Waals surface area contributed by atoms with Gasteiger partial charge in [-0.3, -0.25) is 0 Å². The van der Waals surface area contributed by atoms with E-state index in [1.165, 1.54) is 5.56 Å². The van der Waals surface area contributed by atoms with Crippen LogP contribution in [0.15, 0.2) is 48.2 Å². The van der Waals surface area contributed by atoms with Crippen LogP contribution in [0.25, 0.3) is 0 Å². The van der Waals surface area contributed by atoms with Crippen molar-refractivity contribution < 1.29 is 4.74 Å². The van der Waals surface area contributed by atoms with E-state index in [2.05, 4.69) is 75.1 Å². The SMILES string of the molecule is Brc1cc(Br)c(NCC2Cc3cc(Br)ccc3O2)c(Br)c1. The largest absolute Gasteiger partial charge is 0.488 e. The molecule has 0 aromatic heterocycles. The molecule has 2 aromatic rings. The Morgan fingerprint density at radius 2 is 1.71 bits per heavy atom. The molecule has 0 aliphatic carbocycles. The van der Waals surface area contributed by atoms with Gasteiger partial charge < -0.3 is 10.1 Å². The minimum Gasteiger partial charge on any atom is -0.488 e. The van der Waals surface area contributed by atoms with E-state index in [0.717, 1.165) is 42.3 Å². The zero-order valence-electron chi connectivity index (χ0n) is 10.8. The van der Waals surface area contributed by atoms with Crippen LogP contribution in [0.1, 0.15) is 5.56 Å². The molecule has 1 heterocycles. The molecule has 0 spiro atoms. The molecule has 6 heteroatoms. The van der Waals surface area contributed by atoms with Crippen molar-refractivity contribution in [3.63, 3.8) is 0 Å². The predicted molar refractivity (Wildman–Crippen MR) is 100 cm³/mol. The summed E-state index contributed by atoms with van der Waals surface area (Å²) in [5.41, 5.74) is 2.30. The summed E-state index contributed by atoms with van der Waals surface area (Å²) in [5.74, 6) is 0.985. The number of fused-ring (bicyclic) bond motifs is 1. The summed E-state index contributed by atoms with van der Waals surface area (Å²) < 4.78 is 10.1. The Balaban J connectivity index is 1.68. The molecule has 1 aliphatic rings. The van der Waals surface area contributed by atoms with Crippen LogP contribution < -0.4 is 10.1 Å². The predicted octanol–water partition coefficient (Wildman–Crippen LogP) is 6.15. The van der Waals surface area contributed by atoms with Gasteiger partial charge in [-0.05, 0) is 67.8 Å². The average molecular weight is 541 g/mol. The van der Waals surface area contributed by atoms with Gasteiger partial charge in [0.15, 0.2) is 0 Å². The Hall–Kier alpha value is -0.0400. The van der Waals surface area contributed by atoms with Gasteiger partial charge in [0, 0.05) is 24.3 Å². The minimum absolute atomic E-state index is 0.150. The molecule has 21 heavy (non-hydrogen) atoms. The molecule has 0 radical (unpaired) electrons. The van der Waals surface area contributed by atoms with Crippen molar-refractivity contribution in [3.8, 4) is 5.75 Å². The molecule has 3 rings (SSSR count). The lowest BCUT2D eigenvalue weighted by atomic mass is 10.1. The van der Waals surface area contributed by atoms with Crippen LogP contribution in [0.3, 0.4) is 0 Å². The van der Waals surface area contributed by atoms with Gasteiger partial charge in [-0.1, -0.05) is 31.9 Å². The van der Waals surface area contributed by atoms with E-state index in [0.29, 0.717) is 0 Å². The maximum Gasteiger partial charge on any atom is 0.123 e. The number of benzene rings is 2. The summed E-state index contributed by atoms with van der Waals surface area (Å²) >= 11 is 14.1. The number of rotatable bonds is 3. The number of nitrogens with one attached hydrogen (secondary N) is 1. The van der Waals surface area contributed by atoms with Crippen LogP contribution in [-0.4, -0.2) is 12.6 Å². The lowest BCUT2D eigenvalue weighted by molar-refractivity contribution is 0.246. The summed E-state index contributed by atoms with van der Waals surface area (Å²) in [6, 6.07) is 10.2. The Morgan fingerprint density at radius 1 is 1.00 bits per heavy atom. The monoisotopic (exact) mass is 537 g/mol. The molecular weight excluding hydrogens is 530 g/mol. The quantitative estimate of drug-likeness (QED) is 0.504. The normalized spacial score (nSPS) is 16.5. The lowest BCUT2D eigenvalue weighted by Gasteiger charge is -2.15. The lowest BCUT2D eigenvalue weighted by Crippen LogP contribution is -2.24. The van der Waals surface area contributed by atoms with E-state index >= 15 is 0 Å². The van der Waals surface area contributed by atoms with Gasteiger partial charge in [-0.15, -0.1) is 0 Å². The standard InChI is InChI=1S/C15H11Br4NO/c16-9-1-2-14-8(3-9)4-11(21-14)7-20-15-12(18)5-10(17)6-13(15)19/h1-3,5-6,11,20H,4,7H2. The van der Waals surface area contributed by atoms with Crippen LogP contribution in [0, 0.1) is 0 Å². The van der Waals surface area contributed by atoms with Crippen molar-refractivity contribution in [3.05, 3.63) is 53.8 Å². The number of anilines is 1. The molecule has 2 aromatic carbocycles. The highest BCUT2D eigenvalue weighted by Gasteiger charge is 2.23. The second-order valence-corrected chi connectivity index (χ2v) is 8.36. The average Bonchev–Trinajstić information content (AvgIpc) is 2.79. The van der Waals surface area contributed by atoms with Crippen LogP contribution in [0.4, 0.5) is 5.69 Å². The molecule has 1 aliphatic heterocycles. The second-order valence-electron chi connectivity index (χ2n) is 4.82. The van der Waals surface area contributed by atoms with Crippen molar-refractivity contribution in [2.75, 3.05) is 11.9 Å². The number of ether oxygens (including phenoxy) is 1. The van der Waals surface area contributed by atoms with Crippen molar-refractivity contribution in [1.82, 2.24) is 0 Å². The molecule has 0 amide bonds. The fourth-order valence-electron chi connectivity index (χ4n) is 2.33. The third-order valence-corrected chi connectivity index (χ3v) is 5.48. The molecule has 1 atom stereocenters. The highest BCUT2D eigenvalue weighted by molar-refractivity contribution is 9.11. The number of halogens is 4. The van der Waals surface area contributed by atoms with Gasteiger partial charge in [-0.25, -0.2) is 0 Å². The summed E-state index contributed by atoms with van der Waals surface area (Å²) in [6.07, 6.45) is 1.07. The Labute approximate surface area is 157 Å². The van der Waals surface area contributed by atoms with Gasteiger partial charge in [0.25, 0.3) is 0 Å². The van der Waals surface area contributed by atoms with Crippen LogP contribution in [0.5, 0.6) is 5.75 Å². The Bertz CT molecular complexity index is 666. The third-order valence-electron chi connectivity index (χ3n) is 3.28. The summed E-state index contributed by atoms with van der Waals surface area (Å²) in [5, 5.41) is 3.45. The van der Waals surface area contributed by atoms with E-state index in [1.807, 2.05) is 24.3 Å². The molecule has 0 bridgehead atoms. The van der Waals surface area contributed by atoms with Crippen molar-refractivity contribution in [2.45, 2.75) is 12.5 Å². The molecule has 1 unspecified atom stereocenters. The highest BCUT2D eigenvalue weighted by Crippen LogP contribution is 2.35. The van der Waals surface area contributed by atoms with Gasteiger partial charge in [0.2, 0.25) is 0 Å². The molecule has 110 valence electrons. The Kier molecular flexibility index (Phi) is 4.98. The van der Waals surface area contributed by atoms with Crippen molar-refractivity contribution >= 4 is 69.4 Å². The van der Waals surface area contributed by atoms with Crippen LogP contribution in [0.2, 0.25) is 0 Å². The van der Waals surface area contributed by atoms with Crippen LogP contribution >= 0.6 is 63.7 Å². The van der Waals surface area contributed by atoms with E-state index in [4.69, 9.17) is 4.74 Å². The van der Waals surface area contributed by atoms with Crippen molar-refractivity contribution in [1.29, 1.82) is 0 Å². The first-order valence-electron chi connectivity index (χ1n) is 6.36. The zero-order chi connectivity index (χ0) is 15.0.